The van der Waals surface area contributed by atoms with Crippen molar-refractivity contribution in [2.24, 2.45) is 0 Å². The first-order chi connectivity index (χ1) is 6.81. The van der Waals surface area contributed by atoms with E-state index in [1.165, 1.54) is 35.2 Å². The molecule has 78 valence electrons. The van der Waals surface area contributed by atoms with Crippen molar-refractivity contribution in [3.05, 3.63) is 20.8 Å². The van der Waals surface area contributed by atoms with Gasteiger partial charge in [0.15, 0.2) is 0 Å². The molecule has 1 unspecified atom stereocenters. The van der Waals surface area contributed by atoms with Gasteiger partial charge in [0, 0.05) is 21.9 Å². The van der Waals surface area contributed by atoms with Crippen LogP contribution in [0.15, 0.2) is 15.9 Å². The molecule has 2 heterocycles. The Morgan fingerprint density at radius 2 is 2.50 bits per heavy atom. The normalized spacial score (nSPS) is 23.1. The molecule has 0 bridgehead atoms. The smallest absolute Gasteiger partial charge is 0.0342 e. The fourth-order valence-electron chi connectivity index (χ4n) is 2.19. The van der Waals surface area contributed by atoms with E-state index in [1.54, 1.807) is 0 Å². The molecule has 1 atom stereocenters. The lowest BCUT2D eigenvalue weighted by atomic mass is 10.2. The fourth-order valence-corrected chi connectivity index (χ4v) is 3.69. The standard InChI is InChI=1S/C11H16BrNS/c1-2-9-4-3-6-13(9)8-11-10(12)5-7-14-11/h5,7,9H,2-4,6,8H2,1H3. The molecular formula is C11H16BrNS. The molecule has 1 aliphatic rings. The van der Waals surface area contributed by atoms with Gasteiger partial charge in [0.2, 0.25) is 0 Å². The molecule has 0 saturated carbocycles. The lowest BCUT2D eigenvalue weighted by Crippen LogP contribution is -2.27. The Morgan fingerprint density at radius 3 is 3.14 bits per heavy atom. The summed E-state index contributed by atoms with van der Waals surface area (Å²) < 4.78 is 1.28. The molecule has 3 heteroatoms. The molecule has 0 N–H and O–H groups in total. The zero-order valence-electron chi connectivity index (χ0n) is 8.50. The van der Waals surface area contributed by atoms with Crippen LogP contribution in [0.1, 0.15) is 31.1 Å². The second-order valence-corrected chi connectivity index (χ2v) is 5.72. The fraction of sp³-hybridized carbons (Fsp3) is 0.636. The Morgan fingerprint density at radius 1 is 1.64 bits per heavy atom. The maximum atomic E-state index is 3.60. The average molecular weight is 274 g/mol. The Balaban J connectivity index is 2.00. The number of rotatable bonds is 3. The van der Waals surface area contributed by atoms with Gasteiger partial charge in [-0.25, -0.2) is 0 Å². The number of hydrogen-bond acceptors (Lipinski definition) is 2. The van der Waals surface area contributed by atoms with Crippen molar-refractivity contribution in [3.63, 3.8) is 0 Å². The number of halogens is 1. The van der Waals surface area contributed by atoms with Gasteiger partial charge in [-0.1, -0.05) is 6.92 Å². The quantitative estimate of drug-likeness (QED) is 0.808. The van der Waals surface area contributed by atoms with E-state index in [9.17, 15) is 0 Å². The second kappa shape index (κ2) is 4.77. The van der Waals surface area contributed by atoms with E-state index in [1.807, 2.05) is 11.3 Å². The lowest BCUT2D eigenvalue weighted by molar-refractivity contribution is 0.242. The molecule has 0 amide bonds. The van der Waals surface area contributed by atoms with Gasteiger partial charge in [-0.15, -0.1) is 11.3 Å². The summed E-state index contributed by atoms with van der Waals surface area (Å²) in [5.74, 6) is 0. The lowest BCUT2D eigenvalue weighted by Gasteiger charge is -2.22. The van der Waals surface area contributed by atoms with Crippen LogP contribution in [0.4, 0.5) is 0 Å². The van der Waals surface area contributed by atoms with Crippen LogP contribution < -0.4 is 0 Å². The van der Waals surface area contributed by atoms with Crippen LogP contribution in [-0.4, -0.2) is 17.5 Å². The van der Waals surface area contributed by atoms with Crippen molar-refractivity contribution in [3.8, 4) is 0 Å². The monoisotopic (exact) mass is 273 g/mol. The molecule has 1 aromatic heterocycles. The van der Waals surface area contributed by atoms with Crippen LogP contribution in [0, 0.1) is 0 Å². The predicted octanol–water partition coefficient (Wildman–Crippen LogP) is 3.89. The number of hydrogen-bond donors (Lipinski definition) is 0. The minimum absolute atomic E-state index is 0.823. The number of nitrogens with zero attached hydrogens (tertiary/aromatic N) is 1. The first-order valence-electron chi connectivity index (χ1n) is 5.27. The summed E-state index contributed by atoms with van der Waals surface area (Å²) in [6, 6.07) is 2.97. The highest BCUT2D eigenvalue weighted by Crippen LogP contribution is 2.28. The van der Waals surface area contributed by atoms with E-state index in [2.05, 4.69) is 39.2 Å². The third-order valence-corrected chi connectivity index (χ3v) is 4.92. The highest BCUT2D eigenvalue weighted by molar-refractivity contribution is 9.10. The molecule has 1 nitrogen and oxygen atoms in total. The van der Waals surface area contributed by atoms with Crippen molar-refractivity contribution in [2.75, 3.05) is 6.54 Å². The summed E-state index contributed by atoms with van der Waals surface area (Å²) in [5, 5.41) is 2.16. The summed E-state index contributed by atoms with van der Waals surface area (Å²) in [6.07, 6.45) is 4.06. The minimum atomic E-state index is 0.823. The maximum absolute atomic E-state index is 3.60. The van der Waals surface area contributed by atoms with E-state index in [4.69, 9.17) is 0 Å². The molecular weight excluding hydrogens is 258 g/mol. The van der Waals surface area contributed by atoms with Gasteiger partial charge >= 0.3 is 0 Å². The van der Waals surface area contributed by atoms with Gasteiger partial charge in [-0.3, -0.25) is 4.90 Å². The summed E-state index contributed by atoms with van der Waals surface area (Å²) in [6.45, 7) is 4.71. The third-order valence-electron chi connectivity index (χ3n) is 3.01. The van der Waals surface area contributed by atoms with Gasteiger partial charge in [-0.05, 0) is 53.2 Å². The van der Waals surface area contributed by atoms with Crippen molar-refractivity contribution < 1.29 is 0 Å². The van der Waals surface area contributed by atoms with Gasteiger partial charge in [0.05, 0.1) is 0 Å². The molecule has 0 spiro atoms. The van der Waals surface area contributed by atoms with E-state index < -0.39 is 0 Å². The summed E-state index contributed by atoms with van der Waals surface area (Å²) >= 11 is 5.46. The van der Waals surface area contributed by atoms with Gasteiger partial charge < -0.3 is 0 Å². The second-order valence-electron chi connectivity index (χ2n) is 3.87. The molecule has 1 saturated heterocycles. The molecule has 0 aromatic carbocycles. The number of likely N-dealkylation sites (tertiary alicyclic amines) is 1. The zero-order valence-corrected chi connectivity index (χ0v) is 10.9. The van der Waals surface area contributed by atoms with Crippen LogP contribution in [0.3, 0.4) is 0 Å². The van der Waals surface area contributed by atoms with E-state index in [0.29, 0.717) is 0 Å². The molecule has 1 aliphatic heterocycles. The van der Waals surface area contributed by atoms with Crippen LogP contribution >= 0.6 is 27.3 Å². The SMILES string of the molecule is CCC1CCCN1Cc1sccc1Br. The largest absolute Gasteiger partial charge is 0.295 e. The van der Waals surface area contributed by atoms with Gasteiger partial charge in [0.1, 0.15) is 0 Å². The molecule has 0 aliphatic carbocycles. The minimum Gasteiger partial charge on any atom is -0.295 e. The highest BCUT2D eigenvalue weighted by Gasteiger charge is 2.23. The summed E-state index contributed by atoms with van der Waals surface area (Å²) in [5.41, 5.74) is 0. The van der Waals surface area contributed by atoms with Gasteiger partial charge in [0.25, 0.3) is 0 Å². The molecule has 1 aromatic rings. The molecule has 14 heavy (non-hydrogen) atoms. The van der Waals surface area contributed by atoms with Crippen molar-refractivity contribution >= 4 is 27.3 Å². The van der Waals surface area contributed by atoms with Crippen molar-refractivity contribution in [2.45, 2.75) is 38.8 Å². The molecule has 2 rings (SSSR count). The molecule has 1 fully saturated rings. The third kappa shape index (κ3) is 2.20. The van der Waals surface area contributed by atoms with E-state index in [0.717, 1.165) is 12.6 Å². The van der Waals surface area contributed by atoms with E-state index >= 15 is 0 Å². The first kappa shape index (κ1) is 10.7. The van der Waals surface area contributed by atoms with Gasteiger partial charge in [-0.2, -0.15) is 0 Å². The average Bonchev–Trinajstić information content (AvgIpc) is 2.77. The Kier molecular flexibility index (Phi) is 3.63. The number of thiophene rings is 1. The Hall–Kier alpha value is 0.140. The van der Waals surface area contributed by atoms with Crippen LogP contribution in [-0.2, 0) is 6.54 Å². The topological polar surface area (TPSA) is 3.24 Å². The van der Waals surface area contributed by atoms with Crippen molar-refractivity contribution in [1.29, 1.82) is 0 Å². The zero-order chi connectivity index (χ0) is 9.97. The first-order valence-corrected chi connectivity index (χ1v) is 6.94. The van der Waals surface area contributed by atoms with Crippen LogP contribution in [0.25, 0.3) is 0 Å². The molecule has 0 radical (unpaired) electrons. The summed E-state index contributed by atoms with van der Waals surface area (Å²) in [4.78, 5) is 4.10. The van der Waals surface area contributed by atoms with Crippen LogP contribution in [0.5, 0.6) is 0 Å². The maximum Gasteiger partial charge on any atom is 0.0342 e. The van der Waals surface area contributed by atoms with Crippen LogP contribution in [0.2, 0.25) is 0 Å². The Labute approximate surface area is 98.2 Å². The Bertz CT molecular complexity index is 297. The predicted molar refractivity (Wildman–Crippen MR) is 65.7 cm³/mol. The van der Waals surface area contributed by atoms with Crippen molar-refractivity contribution in [1.82, 2.24) is 4.90 Å². The highest BCUT2D eigenvalue weighted by atomic mass is 79.9. The summed E-state index contributed by atoms with van der Waals surface area (Å²) in [7, 11) is 0. The van der Waals surface area contributed by atoms with E-state index in [-0.39, 0.29) is 0 Å².